The van der Waals surface area contributed by atoms with Crippen LogP contribution in [0, 0.1) is 0 Å². The molecule has 0 atom stereocenters. The van der Waals surface area contributed by atoms with Crippen molar-refractivity contribution in [3.05, 3.63) is 63.6 Å². The normalized spacial score (nSPS) is 10.6. The van der Waals surface area contributed by atoms with E-state index < -0.39 is 0 Å². The molecule has 20 heavy (non-hydrogen) atoms. The third-order valence-corrected chi connectivity index (χ3v) is 3.51. The van der Waals surface area contributed by atoms with E-state index in [1.54, 1.807) is 12.1 Å². The number of nitrogens with one attached hydrogen (secondary N) is 1. The molecule has 0 aliphatic heterocycles. The van der Waals surface area contributed by atoms with Crippen molar-refractivity contribution in [1.29, 1.82) is 0 Å². The zero-order valence-electron chi connectivity index (χ0n) is 11.3. The Morgan fingerprint density at radius 2 is 1.80 bits per heavy atom. The van der Waals surface area contributed by atoms with Gasteiger partial charge in [-0.25, -0.2) is 0 Å². The van der Waals surface area contributed by atoms with Crippen molar-refractivity contribution in [2.24, 2.45) is 0 Å². The van der Waals surface area contributed by atoms with Crippen LogP contribution in [0.2, 0.25) is 10.0 Å². The molecule has 0 saturated carbocycles. The van der Waals surface area contributed by atoms with Crippen molar-refractivity contribution in [3.8, 4) is 5.75 Å². The van der Waals surface area contributed by atoms with Gasteiger partial charge in [-0.15, -0.1) is 0 Å². The van der Waals surface area contributed by atoms with E-state index in [0.29, 0.717) is 16.7 Å². The lowest BCUT2D eigenvalue weighted by Crippen LogP contribution is -2.11. The molecule has 1 N–H and O–H groups in total. The molecule has 0 bridgehead atoms. The lowest BCUT2D eigenvalue weighted by molar-refractivity contribution is 0.306. The van der Waals surface area contributed by atoms with Crippen LogP contribution in [0.4, 0.5) is 0 Å². The predicted octanol–water partition coefficient (Wildman–Crippen LogP) is 4.68. The van der Waals surface area contributed by atoms with Gasteiger partial charge in [-0.2, -0.15) is 0 Å². The van der Waals surface area contributed by atoms with Crippen LogP contribution in [0.3, 0.4) is 0 Å². The summed E-state index contributed by atoms with van der Waals surface area (Å²) in [5.41, 5.74) is 2.12. The van der Waals surface area contributed by atoms with Crippen LogP contribution < -0.4 is 10.1 Å². The first-order chi connectivity index (χ1) is 9.69. The first-order valence-corrected chi connectivity index (χ1v) is 7.31. The molecular formula is C16H17Cl2NO. The number of hydrogen-bond donors (Lipinski definition) is 1. The highest BCUT2D eigenvalue weighted by Crippen LogP contribution is 2.22. The van der Waals surface area contributed by atoms with E-state index in [4.69, 9.17) is 27.9 Å². The van der Waals surface area contributed by atoms with Gasteiger partial charge in [0.15, 0.2) is 0 Å². The van der Waals surface area contributed by atoms with Gasteiger partial charge in [0.25, 0.3) is 0 Å². The van der Waals surface area contributed by atoms with E-state index in [9.17, 15) is 0 Å². The lowest BCUT2D eigenvalue weighted by Gasteiger charge is -2.09. The molecule has 2 aromatic carbocycles. The average Bonchev–Trinajstić information content (AvgIpc) is 2.47. The van der Waals surface area contributed by atoms with E-state index in [1.807, 2.05) is 18.2 Å². The van der Waals surface area contributed by atoms with Gasteiger partial charge < -0.3 is 10.1 Å². The molecule has 0 saturated heterocycles. The van der Waals surface area contributed by atoms with Gasteiger partial charge in [0.05, 0.1) is 0 Å². The molecule has 106 valence electrons. The molecule has 2 rings (SSSR count). The summed E-state index contributed by atoms with van der Waals surface area (Å²) in [4.78, 5) is 0. The van der Waals surface area contributed by atoms with Gasteiger partial charge in [-0.3, -0.25) is 0 Å². The number of rotatable bonds is 6. The van der Waals surface area contributed by atoms with Crippen LogP contribution in [-0.2, 0) is 13.2 Å². The van der Waals surface area contributed by atoms with Crippen molar-refractivity contribution in [3.63, 3.8) is 0 Å². The van der Waals surface area contributed by atoms with E-state index >= 15 is 0 Å². The Morgan fingerprint density at radius 1 is 1.05 bits per heavy atom. The largest absolute Gasteiger partial charge is 0.489 e. The Morgan fingerprint density at radius 3 is 2.50 bits per heavy atom. The Balaban J connectivity index is 1.95. The summed E-state index contributed by atoms with van der Waals surface area (Å²) >= 11 is 12.0. The topological polar surface area (TPSA) is 21.3 Å². The predicted molar refractivity (Wildman–Crippen MR) is 84.6 cm³/mol. The maximum Gasteiger partial charge on any atom is 0.119 e. The van der Waals surface area contributed by atoms with E-state index in [0.717, 1.165) is 24.4 Å². The third-order valence-electron chi connectivity index (χ3n) is 2.90. The molecule has 0 amide bonds. The Hall–Kier alpha value is -1.22. The smallest absolute Gasteiger partial charge is 0.119 e. The molecule has 2 aromatic rings. The minimum Gasteiger partial charge on any atom is -0.489 e. The second-order valence-electron chi connectivity index (χ2n) is 4.45. The molecule has 4 heteroatoms. The number of ether oxygens (including phenoxy) is 1. The van der Waals surface area contributed by atoms with Crippen LogP contribution in [0.5, 0.6) is 5.75 Å². The SMILES string of the molecule is CCNCc1ccc(OCc2cc(Cl)ccc2Cl)cc1. The molecule has 2 nitrogen and oxygen atoms in total. The zero-order chi connectivity index (χ0) is 14.4. The Kier molecular flexibility index (Phi) is 5.72. The fourth-order valence-corrected chi connectivity index (χ4v) is 2.15. The summed E-state index contributed by atoms with van der Waals surface area (Å²) in [5, 5.41) is 4.61. The summed E-state index contributed by atoms with van der Waals surface area (Å²) in [7, 11) is 0. The highest BCUT2D eigenvalue weighted by molar-refractivity contribution is 6.33. The van der Waals surface area contributed by atoms with Crippen molar-refractivity contribution in [2.45, 2.75) is 20.1 Å². The van der Waals surface area contributed by atoms with Gasteiger partial charge in [0.1, 0.15) is 12.4 Å². The minimum absolute atomic E-state index is 0.409. The second kappa shape index (κ2) is 7.53. The first-order valence-electron chi connectivity index (χ1n) is 6.55. The summed E-state index contributed by atoms with van der Waals surface area (Å²) in [6.07, 6.45) is 0. The number of hydrogen-bond acceptors (Lipinski definition) is 2. The maximum atomic E-state index is 6.10. The molecule has 0 spiro atoms. The van der Waals surface area contributed by atoms with E-state index in [2.05, 4.69) is 24.4 Å². The Labute approximate surface area is 129 Å². The van der Waals surface area contributed by atoms with Crippen molar-refractivity contribution in [1.82, 2.24) is 5.32 Å². The molecule has 0 aliphatic carbocycles. The minimum atomic E-state index is 0.409. The summed E-state index contributed by atoms with van der Waals surface area (Å²) < 4.78 is 5.72. The fraction of sp³-hybridized carbons (Fsp3) is 0.250. The summed E-state index contributed by atoms with van der Waals surface area (Å²) in [5.74, 6) is 0.821. The van der Waals surface area contributed by atoms with Gasteiger partial charge in [0.2, 0.25) is 0 Å². The molecule has 0 radical (unpaired) electrons. The average molecular weight is 310 g/mol. The molecule has 0 unspecified atom stereocenters. The van der Waals surface area contributed by atoms with Gasteiger partial charge >= 0.3 is 0 Å². The van der Waals surface area contributed by atoms with Crippen molar-refractivity contribution in [2.75, 3.05) is 6.54 Å². The number of halogens is 2. The van der Waals surface area contributed by atoms with Crippen LogP contribution in [0.15, 0.2) is 42.5 Å². The molecular weight excluding hydrogens is 293 g/mol. The molecule has 0 aliphatic rings. The van der Waals surface area contributed by atoms with Gasteiger partial charge in [0, 0.05) is 22.2 Å². The lowest BCUT2D eigenvalue weighted by atomic mass is 10.2. The zero-order valence-corrected chi connectivity index (χ0v) is 12.8. The van der Waals surface area contributed by atoms with Crippen LogP contribution in [0.1, 0.15) is 18.1 Å². The van der Waals surface area contributed by atoms with Crippen LogP contribution in [-0.4, -0.2) is 6.54 Å². The highest BCUT2D eigenvalue weighted by atomic mass is 35.5. The fourth-order valence-electron chi connectivity index (χ4n) is 1.79. The van der Waals surface area contributed by atoms with Crippen molar-refractivity contribution >= 4 is 23.2 Å². The highest BCUT2D eigenvalue weighted by Gasteiger charge is 2.03. The van der Waals surface area contributed by atoms with Crippen LogP contribution >= 0.6 is 23.2 Å². The van der Waals surface area contributed by atoms with Gasteiger partial charge in [-0.05, 0) is 42.4 Å². The molecule has 0 fully saturated rings. The van der Waals surface area contributed by atoms with Gasteiger partial charge in [-0.1, -0.05) is 42.3 Å². The van der Waals surface area contributed by atoms with E-state index in [-0.39, 0.29) is 0 Å². The molecule has 0 heterocycles. The summed E-state index contributed by atoms with van der Waals surface area (Å²) in [6, 6.07) is 13.4. The third kappa shape index (κ3) is 4.41. The van der Waals surface area contributed by atoms with Crippen LogP contribution in [0.25, 0.3) is 0 Å². The Bertz CT molecular complexity index is 555. The second-order valence-corrected chi connectivity index (χ2v) is 5.29. The van der Waals surface area contributed by atoms with Crippen molar-refractivity contribution < 1.29 is 4.74 Å². The molecule has 0 aromatic heterocycles. The monoisotopic (exact) mass is 309 g/mol. The van der Waals surface area contributed by atoms with E-state index in [1.165, 1.54) is 5.56 Å². The first kappa shape index (κ1) is 15.2. The number of benzene rings is 2. The standard InChI is InChI=1S/C16H17Cl2NO/c1-2-19-10-12-3-6-15(7-4-12)20-11-13-9-14(17)5-8-16(13)18/h3-9,19H,2,10-11H2,1H3. The quantitative estimate of drug-likeness (QED) is 0.836. The maximum absolute atomic E-state index is 6.10. The summed E-state index contributed by atoms with van der Waals surface area (Å²) in [6.45, 7) is 4.33.